The second-order valence-electron chi connectivity index (χ2n) is 7.04. The molecule has 0 amide bonds. The average molecular weight is 281 g/mol. The van der Waals surface area contributed by atoms with Crippen molar-refractivity contribution in [2.45, 2.75) is 77.7 Å². The van der Waals surface area contributed by atoms with Gasteiger partial charge in [-0.05, 0) is 62.8 Å². The molecule has 0 aromatic heterocycles. The van der Waals surface area contributed by atoms with Crippen molar-refractivity contribution in [3.05, 3.63) is 0 Å². The van der Waals surface area contributed by atoms with Crippen molar-refractivity contribution in [3.8, 4) is 0 Å². The first kappa shape index (κ1) is 16.3. The lowest BCUT2D eigenvalue weighted by Crippen LogP contribution is -2.40. The smallest absolute Gasteiger partial charge is 0.0468 e. The second-order valence-corrected chi connectivity index (χ2v) is 7.04. The van der Waals surface area contributed by atoms with Gasteiger partial charge in [-0.1, -0.05) is 33.1 Å². The van der Waals surface area contributed by atoms with Crippen LogP contribution in [0.1, 0.15) is 71.6 Å². The van der Waals surface area contributed by atoms with Gasteiger partial charge >= 0.3 is 0 Å². The summed E-state index contributed by atoms with van der Waals surface area (Å²) >= 11 is 0. The molecule has 20 heavy (non-hydrogen) atoms. The van der Waals surface area contributed by atoms with Gasteiger partial charge in [-0.3, -0.25) is 0 Å². The van der Waals surface area contributed by atoms with Crippen LogP contribution in [0.3, 0.4) is 0 Å². The van der Waals surface area contributed by atoms with Crippen LogP contribution in [0.4, 0.5) is 0 Å². The zero-order valence-corrected chi connectivity index (χ0v) is 13.7. The third-order valence-electron chi connectivity index (χ3n) is 5.62. The molecule has 1 N–H and O–H groups in total. The Bertz CT molecular complexity index is 242. The van der Waals surface area contributed by atoms with Crippen LogP contribution >= 0.6 is 0 Å². The average Bonchev–Trinajstić information content (AvgIpc) is 2.52. The molecule has 1 unspecified atom stereocenters. The van der Waals surface area contributed by atoms with Crippen LogP contribution in [0, 0.1) is 17.8 Å². The van der Waals surface area contributed by atoms with E-state index in [1.54, 1.807) is 0 Å². The largest absolute Gasteiger partial charge is 0.381 e. The van der Waals surface area contributed by atoms with E-state index in [9.17, 15) is 0 Å². The van der Waals surface area contributed by atoms with Crippen molar-refractivity contribution in [3.63, 3.8) is 0 Å². The van der Waals surface area contributed by atoms with E-state index in [4.69, 9.17) is 4.74 Å². The molecular weight excluding hydrogens is 246 g/mol. The van der Waals surface area contributed by atoms with E-state index >= 15 is 0 Å². The van der Waals surface area contributed by atoms with Gasteiger partial charge in [0.2, 0.25) is 0 Å². The molecule has 0 bridgehead atoms. The van der Waals surface area contributed by atoms with E-state index in [2.05, 4.69) is 19.2 Å². The van der Waals surface area contributed by atoms with Crippen LogP contribution in [-0.2, 0) is 4.74 Å². The van der Waals surface area contributed by atoms with Gasteiger partial charge in [0, 0.05) is 19.3 Å². The highest BCUT2D eigenvalue weighted by Gasteiger charge is 2.29. The highest BCUT2D eigenvalue weighted by Crippen LogP contribution is 2.35. The lowest BCUT2D eigenvalue weighted by Gasteiger charge is -2.36. The zero-order valence-electron chi connectivity index (χ0n) is 13.7. The van der Waals surface area contributed by atoms with Crippen LogP contribution < -0.4 is 5.32 Å². The monoisotopic (exact) mass is 281 g/mol. The molecule has 1 aliphatic heterocycles. The van der Waals surface area contributed by atoms with Gasteiger partial charge in [0.1, 0.15) is 0 Å². The third-order valence-corrected chi connectivity index (χ3v) is 5.62. The summed E-state index contributed by atoms with van der Waals surface area (Å²) in [7, 11) is 0. The van der Waals surface area contributed by atoms with E-state index in [-0.39, 0.29) is 0 Å². The molecule has 2 rings (SSSR count). The standard InChI is InChI=1S/C18H35NO/c1-3-11-19-18(14-16-9-12-20-13-10-16)17-7-5-15(4-2)6-8-17/h15-19H,3-14H2,1-2H3. The Morgan fingerprint density at radius 2 is 1.65 bits per heavy atom. The molecule has 118 valence electrons. The summed E-state index contributed by atoms with van der Waals surface area (Å²) in [6, 6.07) is 0.774. The van der Waals surface area contributed by atoms with Crippen molar-refractivity contribution >= 4 is 0 Å². The first-order valence-corrected chi connectivity index (χ1v) is 9.14. The molecule has 0 aromatic carbocycles. The summed E-state index contributed by atoms with van der Waals surface area (Å²) in [6.45, 7) is 7.83. The Morgan fingerprint density at radius 3 is 2.25 bits per heavy atom. The Labute approximate surface area is 126 Å². The summed E-state index contributed by atoms with van der Waals surface area (Å²) in [4.78, 5) is 0. The van der Waals surface area contributed by atoms with Crippen LogP contribution in [-0.4, -0.2) is 25.8 Å². The summed E-state index contributed by atoms with van der Waals surface area (Å²) in [5.41, 5.74) is 0. The summed E-state index contributed by atoms with van der Waals surface area (Å²) in [5.74, 6) is 2.86. The molecule has 1 saturated carbocycles. The Kier molecular flexibility index (Phi) is 7.37. The van der Waals surface area contributed by atoms with E-state index in [0.29, 0.717) is 0 Å². The maximum atomic E-state index is 5.52. The van der Waals surface area contributed by atoms with Crippen molar-refractivity contribution in [2.75, 3.05) is 19.8 Å². The van der Waals surface area contributed by atoms with Gasteiger partial charge in [0.25, 0.3) is 0 Å². The molecular formula is C18H35NO. The van der Waals surface area contributed by atoms with Crippen LogP contribution in [0.5, 0.6) is 0 Å². The molecule has 0 radical (unpaired) electrons. The second kappa shape index (κ2) is 9.04. The van der Waals surface area contributed by atoms with Crippen molar-refractivity contribution < 1.29 is 4.74 Å². The predicted molar refractivity (Wildman–Crippen MR) is 86.0 cm³/mol. The van der Waals surface area contributed by atoms with E-state index in [1.165, 1.54) is 64.3 Å². The summed E-state index contributed by atoms with van der Waals surface area (Å²) < 4.78 is 5.52. The predicted octanol–water partition coefficient (Wildman–Crippen LogP) is 4.39. The number of nitrogens with one attached hydrogen (secondary N) is 1. The minimum absolute atomic E-state index is 0.774. The van der Waals surface area contributed by atoms with E-state index in [0.717, 1.165) is 37.0 Å². The minimum atomic E-state index is 0.774. The minimum Gasteiger partial charge on any atom is -0.381 e. The van der Waals surface area contributed by atoms with Gasteiger partial charge in [-0.25, -0.2) is 0 Å². The number of hydrogen-bond acceptors (Lipinski definition) is 2. The molecule has 2 nitrogen and oxygen atoms in total. The lowest BCUT2D eigenvalue weighted by atomic mass is 9.75. The van der Waals surface area contributed by atoms with Crippen LogP contribution in [0.25, 0.3) is 0 Å². The molecule has 2 aliphatic rings. The first-order chi connectivity index (χ1) is 9.83. The van der Waals surface area contributed by atoms with Crippen LogP contribution in [0.15, 0.2) is 0 Å². The Balaban J connectivity index is 1.82. The normalized spacial score (nSPS) is 30.3. The topological polar surface area (TPSA) is 21.3 Å². The number of ether oxygens (including phenoxy) is 1. The molecule has 0 aromatic rings. The molecule has 2 heteroatoms. The van der Waals surface area contributed by atoms with E-state index < -0.39 is 0 Å². The third kappa shape index (κ3) is 5.04. The summed E-state index contributed by atoms with van der Waals surface area (Å²) in [5, 5.41) is 3.88. The van der Waals surface area contributed by atoms with E-state index in [1.807, 2.05) is 0 Å². The zero-order chi connectivity index (χ0) is 14.2. The lowest BCUT2D eigenvalue weighted by molar-refractivity contribution is 0.0556. The maximum Gasteiger partial charge on any atom is 0.0468 e. The highest BCUT2D eigenvalue weighted by molar-refractivity contribution is 4.84. The quantitative estimate of drug-likeness (QED) is 0.747. The Hall–Kier alpha value is -0.0800. The highest BCUT2D eigenvalue weighted by atomic mass is 16.5. The molecule has 2 fully saturated rings. The summed E-state index contributed by atoms with van der Waals surface area (Å²) in [6.07, 6.45) is 12.5. The molecule has 0 spiro atoms. The fourth-order valence-corrected chi connectivity index (χ4v) is 4.11. The van der Waals surface area contributed by atoms with Crippen LogP contribution in [0.2, 0.25) is 0 Å². The van der Waals surface area contributed by atoms with Gasteiger partial charge in [0.05, 0.1) is 0 Å². The van der Waals surface area contributed by atoms with Gasteiger partial charge in [-0.15, -0.1) is 0 Å². The van der Waals surface area contributed by atoms with Gasteiger partial charge in [0.15, 0.2) is 0 Å². The SMILES string of the molecule is CCCNC(CC1CCOCC1)C1CCC(CC)CC1. The first-order valence-electron chi connectivity index (χ1n) is 9.14. The maximum absolute atomic E-state index is 5.52. The fourth-order valence-electron chi connectivity index (χ4n) is 4.11. The van der Waals surface area contributed by atoms with Gasteiger partial charge in [-0.2, -0.15) is 0 Å². The van der Waals surface area contributed by atoms with Crippen molar-refractivity contribution in [1.29, 1.82) is 0 Å². The number of hydrogen-bond donors (Lipinski definition) is 1. The van der Waals surface area contributed by atoms with Gasteiger partial charge < -0.3 is 10.1 Å². The molecule has 1 aliphatic carbocycles. The number of rotatable bonds is 7. The molecule has 1 heterocycles. The van der Waals surface area contributed by atoms with Crippen molar-refractivity contribution in [1.82, 2.24) is 5.32 Å². The Morgan fingerprint density at radius 1 is 0.950 bits per heavy atom. The fraction of sp³-hybridized carbons (Fsp3) is 1.00. The molecule has 1 saturated heterocycles. The van der Waals surface area contributed by atoms with Crippen molar-refractivity contribution in [2.24, 2.45) is 17.8 Å². The molecule has 1 atom stereocenters.